The fraction of sp³-hybridized carbons (Fsp3) is 0.286. The van der Waals surface area contributed by atoms with E-state index >= 15 is 0 Å². The molecule has 2 heterocycles. The summed E-state index contributed by atoms with van der Waals surface area (Å²) in [7, 11) is 1.24. The first kappa shape index (κ1) is 14.6. The van der Waals surface area contributed by atoms with Crippen molar-refractivity contribution in [3.8, 4) is 11.6 Å². The Labute approximate surface area is 129 Å². The van der Waals surface area contributed by atoms with Crippen LogP contribution in [0, 0.1) is 5.82 Å². The molecule has 0 unspecified atom stereocenters. The van der Waals surface area contributed by atoms with Crippen LogP contribution in [0.1, 0.15) is 21.5 Å². The van der Waals surface area contributed by atoms with Crippen molar-refractivity contribution < 1.29 is 23.4 Å². The lowest BCUT2D eigenvalue weighted by Crippen LogP contribution is -2.07. The molecule has 3 rings (SSSR count). The van der Waals surface area contributed by atoms with Crippen LogP contribution in [0.5, 0.6) is 11.6 Å². The van der Waals surface area contributed by atoms with Crippen LogP contribution in [-0.2, 0) is 17.8 Å². The molecular weight excluding hydrogens is 311 g/mol. The minimum Gasteiger partial charge on any atom is -0.493 e. The van der Waals surface area contributed by atoms with E-state index in [1.54, 1.807) is 6.07 Å². The van der Waals surface area contributed by atoms with Crippen LogP contribution in [-0.4, -0.2) is 24.1 Å². The molecule has 1 aromatic heterocycles. The lowest BCUT2D eigenvalue weighted by molar-refractivity contribution is 0.0596. The van der Waals surface area contributed by atoms with Crippen molar-refractivity contribution in [2.24, 2.45) is 0 Å². The van der Waals surface area contributed by atoms with Crippen LogP contribution < -0.4 is 15.2 Å². The zero-order valence-corrected chi connectivity index (χ0v) is 12.5. The summed E-state index contributed by atoms with van der Waals surface area (Å²) in [6, 6.07) is 3.04. The van der Waals surface area contributed by atoms with Gasteiger partial charge in [0.25, 0.3) is 0 Å². The highest BCUT2D eigenvalue weighted by Gasteiger charge is 2.22. The van der Waals surface area contributed by atoms with Gasteiger partial charge in [-0.1, -0.05) is 0 Å². The Bertz CT molecular complexity index is 732. The van der Waals surface area contributed by atoms with Gasteiger partial charge in [-0.15, -0.1) is 0 Å². The van der Waals surface area contributed by atoms with Crippen molar-refractivity contribution in [3.63, 3.8) is 0 Å². The molecule has 0 bridgehead atoms. The molecule has 0 saturated heterocycles. The summed E-state index contributed by atoms with van der Waals surface area (Å²) in [5, 5.41) is 0.194. The van der Waals surface area contributed by atoms with Crippen molar-refractivity contribution in [3.05, 3.63) is 34.6 Å². The fourth-order valence-electron chi connectivity index (χ4n) is 2.17. The number of aromatic nitrogens is 1. The molecule has 0 amide bonds. The second-order valence-corrected chi connectivity index (χ2v) is 5.46. The van der Waals surface area contributed by atoms with E-state index < -0.39 is 5.97 Å². The average molecular weight is 324 g/mol. The van der Waals surface area contributed by atoms with Crippen molar-refractivity contribution in [1.82, 2.24) is 4.37 Å². The van der Waals surface area contributed by atoms with Crippen LogP contribution in [0.2, 0.25) is 0 Å². The predicted molar refractivity (Wildman–Crippen MR) is 77.8 cm³/mol. The van der Waals surface area contributed by atoms with Crippen LogP contribution in [0.15, 0.2) is 12.1 Å². The summed E-state index contributed by atoms with van der Waals surface area (Å²) in [5.74, 6) is -0.327. The molecule has 0 radical (unpaired) electrons. The number of nitrogens with zero attached hydrogens (tertiary/aromatic N) is 1. The minimum absolute atomic E-state index is 0.0372. The molecule has 22 heavy (non-hydrogen) atoms. The third kappa shape index (κ3) is 2.57. The van der Waals surface area contributed by atoms with E-state index in [1.807, 2.05) is 0 Å². The number of ether oxygens (including phenoxy) is 3. The first-order chi connectivity index (χ1) is 10.6. The van der Waals surface area contributed by atoms with E-state index in [0.717, 1.165) is 17.1 Å². The molecule has 8 heteroatoms. The summed E-state index contributed by atoms with van der Waals surface area (Å²) >= 11 is 0.918. The van der Waals surface area contributed by atoms with Gasteiger partial charge < -0.3 is 19.9 Å². The van der Waals surface area contributed by atoms with Gasteiger partial charge in [-0.2, -0.15) is 4.37 Å². The molecule has 6 nitrogen and oxygen atoms in total. The van der Waals surface area contributed by atoms with Crippen LogP contribution in [0.4, 0.5) is 9.39 Å². The van der Waals surface area contributed by atoms with Crippen molar-refractivity contribution in [1.29, 1.82) is 0 Å². The molecule has 2 aromatic rings. The lowest BCUT2D eigenvalue weighted by Gasteiger charge is -2.08. The molecule has 0 fully saturated rings. The maximum Gasteiger partial charge on any atom is 0.346 e. The molecule has 0 saturated carbocycles. The summed E-state index contributed by atoms with van der Waals surface area (Å²) in [4.78, 5) is 11.6. The van der Waals surface area contributed by atoms with E-state index in [4.69, 9.17) is 15.2 Å². The molecule has 116 valence electrons. The monoisotopic (exact) mass is 324 g/mol. The summed E-state index contributed by atoms with van der Waals surface area (Å²) in [6.07, 6.45) is 0.697. The molecule has 1 aromatic carbocycles. The number of carbonyl (C=O) groups excluding carboxylic acids is 1. The SMILES string of the molecule is COC(=O)c1c(OCc2cc3c(cc2F)CCO3)nsc1N. The normalized spacial score (nSPS) is 12.6. The second-order valence-electron chi connectivity index (χ2n) is 4.66. The van der Waals surface area contributed by atoms with E-state index in [0.29, 0.717) is 24.3 Å². The summed E-state index contributed by atoms with van der Waals surface area (Å²) < 4.78 is 33.4. The number of benzene rings is 1. The third-order valence-electron chi connectivity index (χ3n) is 3.30. The number of esters is 1. The smallest absolute Gasteiger partial charge is 0.346 e. The van der Waals surface area contributed by atoms with Gasteiger partial charge in [0, 0.05) is 17.5 Å². The Hall–Kier alpha value is -2.35. The number of rotatable bonds is 4. The van der Waals surface area contributed by atoms with Gasteiger partial charge in [-0.3, -0.25) is 0 Å². The standard InChI is InChI=1S/C14H13FN2O4S/c1-19-14(18)11-12(16)22-17-13(11)21-6-8-5-10-7(2-3-20-10)4-9(8)15/h4-5H,2-3,6,16H2,1H3. The van der Waals surface area contributed by atoms with Gasteiger partial charge in [0.05, 0.1) is 13.7 Å². The molecule has 1 aliphatic heterocycles. The zero-order chi connectivity index (χ0) is 15.7. The average Bonchev–Trinajstić information content (AvgIpc) is 3.10. The van der Waals surface area contributed by atoms with Gasteiger partial charge in [0.2, 0.25) is 5.88 Å². The number of nitrogen functional groups attached to an aromatic ring is 1. The Morgan fingerprint density at radius 3 is 3.14 bits per heavy atom. The topological polar surface area (TPSA) is 83.7 Å². The van der Waals surface area contributed by atoms with E-state index in [-0.39, 0.29) is 28.9 Å². The molecular formula is C14H13FN2O4S. The first-order valence-corrected chi connectivity index (χ1v) is 7.28. The van der Waals surface area contributed by atoms with Gasteiger partial charge in [-0.25, -0.2) is 9.18 Å². The molecule has 0 aliphatic carbocycles. The highest BCUT2D eigenvalue weighted by Crippen LogP contribution is 2.31. The maximum absolute atomic E-state index is 14.0. The Morgan fingerprint density at radius 2 is 2.36 bits per heavy atom. The van der Waals surface area contributed by atoms with Crippen LogP contribution in [0.3, 0.4) is 0 Å². The van der Waals surface area contributed by atoms with Crippen LogP contribution in [0.25, 0.3) is 0 Å². The number of methoxy groups -OCH3 is 1. The van der Waals surface area contributed by atoms with Crippen molar-refractivity contribution >= 4 is 22.5 Å². The molecule has 0 atom stereocenters. The van der Waals surface area contributed by atoms with E-state index in [1.165, 1.54) is 13.2 Å². The second kappa shape index (κ2) is 5.80. The van der Waals surface area contributed by atoms with Crippen LogP contribution >= 0.6 is 11.5 Å². The zero-order valence-electron chi connectivity index (χ0n) is 11.7. The Kier molecular flexibility index (Phi) is 3.84. The highest BCUT2D eigenvalue weighted by molar-refractivity contribution is 7.10. The quantitative estimate of drug-likeness (QED) is 0.868. The van der Waals surface area contributed by atoms with Gasteiger partial charge >= 0.3 is 5.97 Å². The largest absolute Gasteiger partial charge is 0.493 e. The number of halogens is 1. The van der Waals surface area contributed by atoms with Gasteiger partial charge in [-0.05, 0) is 23.7 Å². The highest BCUT2D eigenvalue weighted by atomic mass is 32.1. The number of nitrogens with two attached hydrogens (primary N) is 1. The number of hydrogen-bond acceptors (Lipinski definition) is 7. The minimum atomic E-state index is -0.640. The number of carbonyl (C=O) groups is 1. The van der Waals surface area contributed by atoms with E-state index in [9.17, 15) is 9.18 Å². The van der Waals surface area contributed by atoms with Gasteiger partial charge in [0.15, 0.2) is 5.56 Å². The van der Waals surface area contributed by atoms with E-state index in [2.05, 4.69) is 9.11 Å². The van der Waals surface area contributed by atoms with Gasteiger partial charge in [0.1, 0.15) is 23.2 Å². The predicted octanol–water partition coefficient (Wildman–Crippen LogP) is 2.16. The first-order valence-electron chi connectivity index (χ1n) is 6.50. The molecule has 2 N–H and O–H groups in total. The number of hydrogen-bond donors (Lipinski definition) is 1. The summed E-state index contributed by atoms with van der Waals surface area (Å²) in [6.45, 7) is 0.462. The Balaban J connectivity index is 1.80. The number of anilines is 1. The van der Waals surface area contributed by atoms with Crippen molar-refractivity contribution in [2.75, 3.05) is 19.5 Å². The number of fused-ring (bicyclic) bond motifs is 1. The van der Waals surface area contributed by atoms with Crippen molar-refractivity contribution in [2.45, 2.75) is 13.0 Å². The summed E-state index contributed by atoms with van der Waals surface area (Å²) in [5.41, 5.74) is 6.90. The maximum atomic E-state index is 14.0. The fourth-order valence-corrected chi connectivity index (χ4v) is 2.76. The molecule has 0 spiro atoms. The third-order valence-corrected chi connectivity index (χ3v) is 3.96. The Morgan fingerprint density at radius 1 is 1.55 bits per heavy atom. The molecule has 1 aliphatic rings. The lowest BCUT2D eigenvalue weighted by atomic mass is 10.1.